The molecule has 1 rings (SSSR count). The monoisotopic (exact) mass is 285 g/mol. The maximum atomic E-state index is 11.5. The summed E-state index contributed by atoms with van der Waals surface area (Å²) in [6.45, 7) is 0.534. The highest BCUT2D eigenvalue weighted by atomic mass is 32.2. The summed E-state index contributed by atoms with van der Waals surface area (Å²) in [6.07, 6.45) is 0. The Morgan fingerprint density at radius 3 is 2.68 bits per heavy atom. The van der Waals surface area contributed by atoms with Crippen LogP contribution >= 0.6 is 11.8 Å². The van der Waals surface area contributed by atoms with E-state index < -0.39 is 0 Å². The molecule has 6 heteroatoms. The van der Waals surface area contributed by atoms with Crippen LogP contribution in [0.15, 0.2) is 18.2 Å². The van der Waals surface area contributed by atoms with Crippen LogP contribution < -0.4 is 14.8 Å². The van der Waals surface area contributed by atoms with Crippen LogP contribution in [0.3, 0.4) is 0 Å². The third kappa shape index (κ3) is 5.40. The van der Waals surface area contributed by atoms with Crippen molar-refractivity contribution in [2.45, 2.75) is 6.54 Å². The summed E-state index contributed by atoms with van der Waals surface area (Å²) in [6, 6.07) is 5.52. The highest BCUT2D eigenvalue weighted by Crippen LogP contribution is 2.27. The van der Waals surface area contributed by atoms with Crippen molar-refractivity contribution in [3.63, 3.8) is 0 Å². The zero-order chi connectivity index (χ0) is 14.1. The number of nitrogens with one attached hydrogen (secondary N) is 1. The number of ether oxygens (including phenoxy) is 2. The number of rotatable bonds is 8. The van der Waals surface area contributed by atoms with Crippen molar-refractivity contribution in [2.24, 2.45) is 0 Å². The third-order valence-electron chi connectivity index (χ3n) is 2.41. The molecule has 1 aromatic carbocycles. The molecule has 19 heavy (non-hydrogen) atoms. The van der Waals surface area contributed by atoms with Gasteiger partial charge in [-0.3, -0.25) is 4.79 Å². The molecule has 0 radical (unpaired) electrons. The van der Waals surface area contributed by atoms with Gasteiger partial charge >= 0.3 is 0 Å². The maximum absolute atomic E-state index is 11.5. The quantitative estimate of drug-likeness (QED) is 0.699. The molecule has 0 atom stereocenters. The lowest BCUT2D eigenvalue weighted by molar-refractivity contribution is -0.118. The van der Waals surface area contributed by atoms with Crippen molar-refractivity contribution >= 4 is 17.7 Å². The molecule has 0 saturated carbocycles. The zero-order valence-electron chi connectivity index (χ0n) is 11.1. The maximum Gasteiger partial charge on any atom is 0.230 e. The molecular formula is C13H19NO4S. The smallest absolute Gasteiger partial charge is 0.230 e. The number of hydrogen-bond acceptors (Lipinski definition) is 5. The van der Waals surface area contributed by atoms with E-state index in [1.54, 1.807) is 20.3 Å². The van der Waals surface area contributed by atoms with Crippen LogP contribution in [-0.4, -0.2) is 43.3 Å². The van der Waals surface area contributed by atoms with Gasteiger partial charge in [0.1, 0.15) is 0 Å². The minimum atomic E-state index is -0.0479. The normalized spacial score (nSPS) is 10.1. The molecule has 0 saturated heterocycles. The predicted molar refractivity (Wildman–Crippen MR) is 75.8 cm³/mol. The van der Waals surface area contributed by atoms with Gasteiger partial charge in [0, 0.05) is 12.3 Å². The van der Waals surface area contributed by atoms with Gasteiger partial charge < -0.3 is 19.9 Å². The summed E-state index contributed by atoms with van der Waals surface area (Å²) in [5.41, 5.74) is 0.943. The van der Waals surface area contributed by atoms with Gasteiger partial charge in [-0.25, -0.2) is 0 Å². The van der Waals surface area contributed by atoms with Crippen LogP contribution in [0.1, 0.15) is 5.56 Å². The van der Waals surface area contributed by atoms with Crippen molar-refractivity contribution in [3.05, 3.63) is 23.8 Å². The lowest BCUT2D eigenvalue weighted by atomic mass is 10.2. The number of carbonyl (C=O) groups is 1. The standard InChI is InChI=1S/C13H19NO4S/c1-17-11-4-3-10(7-12(11)18-2)8-14-13(16)9-19-6-5-15/h3-4,7,15H,5-6,8-9H2,1-2H3,(H,14,16). The van der Waals surface area contributed by atoms with Crippen LogP contribution in [0, 0.1) is 0 Å². The summed E-state index contributed by atoms with van der Waals surface area (Å²) in [5, 5.41) is 11.4. The molecule has 0 heterocycles. The number of amides is 1. The van der Waals surface area contributed by atoms with E-state index in [2.05, 4.69) is 5.32 Å². The van der Waals surface area contributed by atoms with E-state index in [0.29, 0.717) is 29.5 Å². The van der Waals surface area contributed by atoms with Gasteiger partial charge in [-0.1, -0.05) is 6.07 Å². The molecule has 2 N–H and O–H groups in total. The molecule has 106 valence electrons. The molecule has 0 bridgehead atoms. The fourth-order valence-corrected chi connectivity index (χ4v) is 2.03. The van der Waals surface area contributed by atoms with E-state index in [9.17, 15) is 4.79 Å². The zero-order valence-corrected chi connectivity index (χ0v) is 12.0. The Bertz CT molecular complexity index is 412. The van der Waals surface area contributed by atoms with E-state index in [1.807, 2.05) is 12.1 Å². The van der Waals surface area contributed by atoms with E-state index in [-0.39, 0.29) is 12.5 Å². The number of thioether (sulfide) groups is 1. The Kier molecular flexibility index (Phi) is 7.14. The van der Waals surface area contributed by atoms with Crippen molar-refractivity contribution in [3.8, 4) is 11.5 Å². The highest BCUT2D eigenvalue weighted by molar-refractivity contribution is 7.99. The minimum absolute atomic E-state index is 0.0479. The van der Waals surface area contributed by atoms with E-state index in [4.69, 9.17) is 14.6 Å². The van der Waals surface area contributed by atoms with Crippen LogP contribution in [0.2, 0.25) is 0 Å². The number of hydrogen-bond donors (Lipinski definition) is 2. The lowest BCUT2D eigenvalue weighted by Crippen LogP contribution is -2.24. The first kappa shape index (κ1) is 15.7. The minimum Gasteiger partial charge on any atom is -0.493 e. The second-order valence-electron chi connectivity index (χ2n) is 3.74. The molecule has 0 aliphatic carbocycles. The van der Waals surface area contributed by atoms with Crippen molar-refractivity contribution < 1.29 is 19.4 Å². The van der Waals surface area contributed by atoms with Gasteiger partial charge in [-0.05, 0) is 17.7 Å². The first-order valence-electron chi connectivity index (χ1n) is 5.87. The SMILES string of the molecule is COc1ccc(CNC(=O)CSCCO)cc1OC. The molecule has 0 aliphatic heterocycles. The Labute approximate surface area is 117 Å². The summed E-state index contributed by atoms with van der Waals surface area (Å²) in [7, 11) is 3.16. The van der Waals surface area contributed by atoms with E-state index >= 15 is 0 Å². The number of aliphatic hydroxyl groups excluding tert-OH is 1. The summed E-state index contributed by atoms with van der Waals surface area (Å²) in [4.78, 5) is 11.5. The van der Waals surface area contributed by atoms with Gasteiger partial charge in [-0.2, -0.15) is 0 Å². The molecule has 1 aromatic rings. The average Bonchev–Trinajstić information content (AvgIpc) is 2.45. The van der Waals surface area contributed by atoms with E-state index in [1.165, 1.54) is 11.8 Å². The van der Waals surface area contributed by atoms with Gasteiger partial charge in [0.25, 0.3) is 0 Å². The molecule has 0 aromatic heterocycles. The fourth-order valence-electron chi connectivity index (χ4n) is 1.47. The van der Waals surface area contributed by atoms with Gasteiger partial charge in [0.05, 0.1) is 26.6 Å². The largest absolute Gasteiger partial charge is 0.493 e. The van der Waals surface area contributed by atoms with E-state index in [0.717, 1.165) is 5.56 Å². The summed E-state index contributed by atoms with van der Waals surface area (Å²) < 4.78 is 10.3. The molecule has 0 spiro atoms. The number of aliphatic hydroxyl groups is 1. The molecule has 5 nitrogen and oxygen atoms in total. The van der Waals surface area contributed by atoms with Crippen LogP contribution in [0.4, 0.5) is 0 Å². The Hall–Kier alpha value is -1.40. The highest BCUT2D eigenvalue weighted by Gasteiger charge is 2.06. The second-order valence-corrected chi connectivity index (χ2v) is 4.85. The first-order valence-corrected chi connectivity index (χ1v) is 7.03. The van der Waals surface area contributed by atoms with Gasteiger partial charge in [0.15, 0.2) is 11.5 Å². The molecule has 0 aliphatic rings. The second kappa shape index (κ2) is 8.66. The average molecular weight is 285 g/mol. The van der Waals surface area contributed by atoms with Crippen LogP contribution in [0.25, 0.3) is 0 Å². The Morgan fingerprint density at radius 1 is 1.32 bits per heavy atom. The molecular weight excluding hydrogens is 266 g/mol. The van der Waals surface area contributed by atoms with Crippen molar-refractivity contribution in [1.29, 1.82) is 0 Å². The molecule has 0 fully saturated rings. The fraction of sp³-hybridized carbons (Fsp3) is 0.462. The summed E-state index contributed by atoms with van der Waals surface area (Å²) in [5.74, 6) is 2.19. The Morgan fingerprint density at radius 2 is 2.05 bits per heavy atom. The third-order valence-corrected chi connectivity index (χ3v) is 3.34. The number of carbonyl (C=O) groups excluding carboxylic acids is 1. The summed E-state index contributed by atoms with van der Waals surface area (Å²) >= 11 is 1.40. The molecule has 0 unspecified atom stereocenters. The molecule has 1 amide bonds. The van der Waals surface area contributed by atoms with Crippen molar-refractivity contribution in [1.82, 2.24) is 5.32 Å². The van der Waals surface area contributed by atoms with Gasteiger partial charge in [0.2, 0.25) is 5.91 Å². The number of methoxy groups -OCH3 is 2. The van der Waals surface area contributed by atoms with Crippen molar-refractivity contribution in [2.75, 3.05) is 32.3 Å². The lowest BCUT2D eigenvalue weighted by Gasteiger charge is -2.10. The van der Waals surface area contributed by atoms with Crippen LogP contribution in [0.5, 0.6) is 11.5 Å². The van der Waals surface area contributed by atoms with Crippen LogP contribution in [-0.2, 0) is 11.3 Å². The topological polar surface area (TPSA) is 67.8 Å². The first-order chi connectivity index (χ1) is 9.21. The Balaban J connectivity index is 2.47. The number of benzene rings is 1. The predicted octanol–water partition coefficient (Wildman–Crippen LogP) is 1.05. The van der Waals surface area contributed by atoms with Gasteiger partial charge in [-0.15, -0.1) is 11.8 Å².